The Kier molecular flexibility index (Phi) is 7.03. The van der Waals surface area contributed by atoms with Gasteiger partial charge in [-0.15, -0.1) is 0 Å². The smallest absolute Gasteiger partial charge is 0.143 e. The number of hydrogen-bond acceptors (Lipinski definition) is 1. The lowest BCUT2D eigenvalue weighted by atomic mass is 9.80. The predicted octanol–water partition coefficient (Wildman–Crippen LogP) is 14.7. The van der Waals surface area contributed by atoms with Gasteiger partial charge in [-0.3, -0.25) is 0 Å². The van der Waals surface area contributed by atoms with Gasteiger partial charge >= 0.3 is 0 Å². The summed E-state index contributed by atoms with van der Waals surface area (Å²) in [6.45, 7) is 4.71. The molecule has 1 unspecified atom stereocenters. The van der Waals surface area contributed by atoms with E-state index in [4.69, 9.17) is 4.42 Å². The van der Waals surface area contributed by atoms with Crippen LogP contribution in [0.25, 0.3) is 76.9 Å². The summed E-state index contributed by atoms with van der Waals surface area (Å²) in [4.78, 5) is 0. The van der Waals surface area contributed by atoms with Gasteiger partial charge in [-0.05, 0) is 95.4 Å². The average molecular weight is 703 g/mol. The molecule has 0 bridgehead atoms. The molecule has 1 heterocycles. The van der Waals surface area contributed by atoms with Gasteiger partial charge in [0.1, 0.15) is 11.2 Å². The zero-order valence-electron chi connectivity index (χ0n) is 30.9. The molecule has 0 aliphatic heterocycles. The summed E-state index contributed by atoms with van der Waals surface area (Å²) < 4.78 is 7.11. The summed E-state index contributed by atoms with van der Waals surface area (Å²) in [5.74, 6) is -0.0327. The molecule has 260 valence electrons. The molecule has 1 atom stereocenters. The Hall–Kier alpha value is -6.70. The van der Waals surface area contributed by atoms with Crippen molar-refractivity contribution in [1.29, 1.82) is 0 Å². The first-order valence-corrected chi connectivity index (χ1v) is 19.3. The van der Waals surface area contributed by atoms with Crippen molar-refractivity contribution in [2.45, 2.75) is 25.2 Å². The van der Waals surface area contributed by atoms with Gasteiger partial charge in [-0.25, -0.2) is 0 Å². The first kappa shape index (κ1) is 31.8. The summed E-state index contributed by atoms with van der Waals surface area (Å²) in [5.41, 5.74) is 15.7. The van der Waals surface area contributed by atoms with Crippen LogP contribution in [0.2, 0.25) is 0 Å². The van der Waals surface area contributed by atoms with Crippen molar-refractivity contribution in [1.82, 2.24) is 0 Å². The molecule has 1 aliphatic carbocycles. The van der Waals surface area contributed by atoms with Crippen LogP contribution < -0.4 is 0 Å². The van der Waals surface area contributed by atoms with Gasteiger partial charge in [0.15, 0.2) is 0 Å². The number of benzene rings is 9. The Morgan fingerprint density at radius 2 is 1.07 bits per heavy atom. The largest absolute Gasteiger partial charge is 0.455 e. The first-order chi connectivity index (χ1) is 27.0. The fourth-order valence-electron chi connectivity index (χ4n) is 9.57. The lowest BCUT2D eigenvalue weighted by Gasteiger charge is -2.22. The van der Waals surface area contributed by atoms with E-state index >= 15 is 0 Å². The molecule has 0 spiro atoms. The van der Waals surface area contributed by atoms with E-state index in [0.717, 1.165) is 22.1 Å². The van der Waals surface area contributed by atoms with Crippen molar-refractivity contribution in [2.24, 2.45) is 0 Å². The summed E-state index contributed by atoms with van der Waals surface area (Å²) in [6.07, 6.45) is 0. The van der Waals surface area contributed by atoms with Crippen molar-refractivity contribution in [3.8, 4) is 33.4 Å². The molecule has 1 heteroatoms. The third-order valence-electron chi connectivity index (χ3n) is 12.2. The molecular formula is C54H38O. The number of fused-ring (bicyclic) bond motifs is 8. The van der Waals surface area contributed by atoms with E-state index in [-0.39, 0.29) is 11.3 Å². The molecule has 0 saturated carbocycles. The molecule has 55 heavy (non-hydrogen) atoms. The van der Waals surface area contributed by atoms with Gasteiger partial charge in [-0.1, -0.05) is 184 Å². The summed E-state index contributed by atoms with van der Waals surface area (Å²) in [7, 11) is 0. The zero-order chi connectivity index (χ0) is 36.7. The van der Waals surface area contributed by atoms with Crippen LogP contribution in [0.3, 0.4) is 0 Å². The Bertz CT molecular complexity index is 3100. The molecule has 1 nitrogen and oxygen atoms in total. The van der Waals surface area contributed by atoms with E-state index in [1.54, 1.807) is 0 Å². The van der Waals surface area contributed by atoms with Crippen LogP contribution >= 0.6 is 0 Å². The van der Waals surface area contributed by atoms with Crippen LogP contribution in [0, 0.1) is 0 Å². The topological polar surface area (TPSA) is 13.1 Å². The van der Waals surface area contributed by atoms with Crippen molar-refractivity contribution in [2.75, 3.05) is 0 Å². The normalized spacial score (nSPS) is 13.7. The molecule has 10 aromatic rings. The van der Waals surface area contributed by atoms with Gasteiger partial charge in [0.25, 0.3) is 0 Å². The summed E-state index contributed by atoms with van der Waals surface area (Å²) in [5, 5.41) is 7.23. The van der Waals surface area contributed by atoms with Gasteiger partial charge in [0, 0.05) is 27.7 Å². The van der Waals surface area contributed by atoms with Crippen LogP contribution in [0.1, 0.15) is 47.6 Å². The fourth-order valence-corrected chi connectivity index (χ4v) is 9.57. The van der Waals surface area contributed by atoms with Crippen molar-refractivity contribution >= 4 is 43.5 Å². The molecule has 0 radical (unpaired) electrons. The minimum absolute atomic E-state index is 0.0327. The van der Waals surface area contributed by atoms with Crippen molar-refractivity contribution < 1.29 is 4.42 Å². The highest BCUT2D eigenvalue weighted by molar-refractivity contribution is 6.19. The van der Waals surface area contributed by atoms with Crippen LogP contribution in [-0.2, 0) is 5.41 Å². The molecular weight excluding hydrogens is 665 g/mol. The second-order valence-corrected chi connectivity index (χ2v) is 15.6. The SMILES string of the molecule is CC1(C)c2ccccc2-c2ccc(-c3c4ccccc4cc4c3oc3cccc(C(c5ccc(-c6ccccc6)cc5)c5cccc6ccccc56)c34)cc21. The van der Waals surface area contributed by atoms with Gasteiger partial charge in [-0.2, -0.15) is 0 Å². The first-order valence-electron chi connectivity index (χ1n) is 19.3. The standard InChI is InChI=1S/C54H38O/c1-54(2)47-24-11-10-21-42(47)43-31-30-39(33-48(43)54)51-41-20-9-7-17-38(41)32-46-52-45(23-13-25-49(52)55-53(46)51)50(44-22-12-18-36-16-6-8-19-40(36)44)37-28-26-35(27-29-37)34-14-4-3-5-15-34/h3-33,50H,1-2H3. The van der Waals surface area contributed by atoms with E-state index in [0.29, 0.717) is 0 Å². The highest BCUT2D eigenvalue weighted by Crippen LogP contribution is 2.51. The highest BCUT2D eigenvalue weighted by atomic mass is 16.3. The lowest BCUT2D eigenvalue weighted by Crippen LogP contribution is -2.14. The monoisotopic (exact) mass is 702 g/mol. The van der Waals surface area contributed by atoms with Gasteiger partial charge in [0.05, 0.1) is 0 Å². The molecule has 11 rings (SSSR count). The van der Waals surface area contributed by atoms with E-state index in [9.17, 15) is 0 Å². The molecule has 0 amide bonds. The minimum Gasteiger partial charge on any atom is -0.455 e. The van der Waals surface area contributed by atoms with Crippen LogP contribution in [-0.4, -0.2) is 0 Å². The molecule has 1 aliphatic rings. The Balaban J connectivity index is 1.18. The summed E-state index contributed by atoms with van der Waals surface area (Å²) in [6, 6.07) is 69.1. The quantitative estimate of drug-likeness (QED) is 0.163. The Morgan fingerprint density at radius 3 is 1.93 bits per heavy atom. The number of furan rings is 1. The second kappa shape index (κ2) is 12.2. The Morgan fingerprint density at radius 1 is 0.436 bits per heavy atom. The molecule has 9 aromatic carbocycles. The average Bonchev–Trinajstić information content (AvgIpc) is 3.72. The highest BCUT2D eigenvalue weighted by Gasteiger charge is 2.35. The van der Waals surface area contributed by atoms with Crippen LogP contribution in [0.15, 0.2) is 192 Å². The van der Waals surface area contributed by atoms with E-state index in [1.807, 2.05) is 0 Å². The third kappa shape index (κ3) is 4.86. The fraction of sp³-hybridized carbons (Fsp3) is 0.0741. The van der Waals surface area contributed by atoms with Crippen LogP contribution in [0.4, 0.5) is 0 Å². The molecule has 0 saturated heterocycles. The van der Waals surface area contributed by atoms with Gasteiger partial charge in [0.2, 0.25) is 0 Å². The molecule has 0 N–H and O–H groups in total. The van der Waals surface area contributed by atoms with Crippen LogP contribution in [0.5, 0.6) is 0 Å². The maximum atomic E-state index is 7.11. The summed E-state index contributed by atoms with van der Waals surface area (Å²) >= 11 is 0. The lowest BCUT2D eigenvalue weighted by molar-refractivity contribution is 0.660. The van der Waals surface area contributed by atoms with E-state index < -0.39 is 0 Å². The minimum atomic E-state index is -0.103. The molecule has 0 fully saturated rings. The predicted molar refractivity (Wildman–Crippen MR) is 231 cm³/mol. The third-order valence-corrected chi connectivity index (χ3v) is 12.2. The van der Waals surface area contributed by atoms with Gasteiger partial charge < -0.3 is 4.42 Å². The van der Waals surface area contributed by atoms with E-state index in [2.05, 4.69) is 202 Å². The molecule has 1 aromatic heterocycles. The number of rotatable bonds is 5. The maximum absolute atomic E-state index is 7.11. The number of hydrogen-bond donors (Lipinski definition) is 0. The second-order valence-electron chi connectivity index (χ2n) is 15.6. The maximum Gasteiger partial charge on any atom is 0.143 e. The van der Waals surface area contributed by atoms with E-state index in [1.165, 1.54) is 82.6 Å². The Labute approximate surface area is 321 Å². The zero-order valence-corrected chi connectivity index (χ0v) is 30.9. The van der Waals surface area contributed by atoms with Crippen molar-refractivity contribution in [3.05, 3.63) is 216 Å². The van der Waals surface area contributed by atoms with Crippen molar-refractivity contribution in [3.63, 3.8) is 0 Å².